The summed E-state index contributed by atoms with van der Waals surface area (Å²) in [6, 6.07) is 3.75. The van der Waals surface area contributed by atoms with Crippen LogP contribution in [-0.4, -0.2) is 31.8 Å². The minimum absolute atomic E-state index is 0.182. The molecule has 6 nitrogen and oxygen atoms in total. The number of aromatic nitrogens is 4. The summed E-state index contributed by atoms with van der Waals surface area (Å²) in [5, 5.41) is 4.14. The van der Waals surface area contributed by atoms with Crippen molar-refractivity contribution >= 4 is 17.2 Å². The fourth-order valence-corrected chi connectivity index (χ4v) is 1.48. The van der Waals surface area contributed by atoms with Gasteiger partial charge in [0, 0.05) is 11.8 Å². The number of hydrogen-bond acceptors (Lipinski definition) is 5. The second kappa shape index (κ2) is 4.88. The third-order valence-corrected chi connectivity index (χ3v) is 2.32. The Morgan fingerprint density at radius 2 is 2.35 bits per heavy atom. The molecule has 0 aliphatic carbocycles. The largest absolute Gasteiger partial charge is 0.481 e. The fourth-order valence-electron chi connectivity index (χ4n) is 1.39. The van der Waals surface area contributed by atoms with Crippen LogP contribution in [0.25, 0.3) is 0 Å². The van der Waals surface area contributed by atoms with Crippen molar-refractivity contribution in [3.8, 4) is 5.88 Å². The van der Waals surface area contributed by atoms with Crippen molar-refractivity contribution in [3.05, 3.63) is 36.0 Å². The molecule has 2 rings (SSSR count). The van der Waals surface area contributed by atoms with Crippen molar-refractivity contribution in [2.45, 2.75) is 6.54 Å². The molecule has 0 fully saturated rings. The van der Waals surface area contributed by atoms with Gasteiger partial charge in [-0.2, -0.15) is 0 Å². The molecule has 2 N–H and O–H groups in total. The van der Waals surface area contributed by atoms with Gasteiger partial charge in [0.15, 0.2) is 0 Å². The zero-order valence-electron chi connectivity index (χ0n) is 9.20. The average Bonchev–Trinajstić information content (AvgIpc) is 2.78. The Morgan fingerprint density at radius 3 is 3.00 bits per heavy atom. The smallest absolute Gasteiger partial charge is 0.218 e. The molecule has 0 saturated carbocycles. The van der Waals surface area contributed by atoms with E-state index in [0.717, 1.165) is 5.56 Å². The molecule has 0 unspecified atom stereocenters. The summed E-state index contributed by atoms with van der Waals surface area (Å²) in [6.45, 7) is 0.507. The van der Waals surface area contributed by atoms with Crippen LogP contribution in [0.4, 0.5) is 0 Å². The molecule has 2 aromatic rings. The lowest BCUT2D eigenvalue weighted by Gasteiger charge is -2.05. The lowest BCUT2D eigenvalue weighted by atomic mass is 10.3. The normalized spacial score (nSPS) is 10.2. The predicted molar refractivity (Wildman–Crippen MR) is 65.8 cm³/mol. The molecule has 0 spiro atoms. The molecule has 0 amide bonds. The van der Waals surface area contributed by atoms with Crippen molar-refractivity contribution in [3.63, 3.8) is 0 Å². The topological polar surface area (TPSA) is 78.8 Å². The first-order valence-corrected chi connectivity index (χ1v) is 5.28. The molecule has 0 aromatic carbocycles. The van der Waals surface area contributed by atoms with Crippen LogP contribution in [0.5, 0.6) is 5.88 Å². The van der Waals surface area contributed by atoms with E-state index in [4.69, 9.17) is 22.7 Å². The van der Waals surface area contributed by atoms with Crippen LogP contribution < -0.4 is 10.5 Å². The quantitative estimate of drug-likeness (QED) is 0.788. The molecule has 0 aliphatic heterocycles. The first-order chi connectivity index (χ1) is 8.20. The van der Waals surface area contributed by atoms with Gasteiger partial charge >= 0.3 is 0 Å². The molecule has 7 heteroatoms. The van der Waals surface area contributed by atoms with Crippen molar-refractivity contribution in [1.29, 1.82) is 0 Å². The Hall–Kier alpha value is -2.02. The fraction of sp³-hybridized carbons (Fsp3) is 0.200. The minimum Gasteiger partial charge on any atom is -0.481 e. The van der Waals surface area contributed by atoms with Crippen molar-refractivity contribution < 1.29 is 4.74 Å². The predicted octanol–water partition coefficient (Wildman–Crippen LogP) is 0.364. The molecule has 2 heterocycles. The van der Waals surface area contributed by atoms with E-state index in [-0.39, 0.29) is 4.99 Å². The van der Waals surface area contributed by atoms with Gasteiger partial charge in [0.25, 0.3) is 0 Å². The van der Waals surface area contributed by atoms with E-state index in [1.165, 1.54) is 0 Å². The summed E-state index contributed by atoms with van der Waals surface area (Å²) >= 11 is 4.79. The number of hydrogen-bond donors (Lipinski definition) is 1. The summed E-state index contributed by atoms with van der Waals surface area (Å²) < 4.78 is 6.78. The van der Waals surface area contributed by atoms with Crippen LogP contribution >= 0.6 is 12.2 Å². The average molecular weight is 249 g/mol. The number of nitrogens with two attached hydrogens (primary N) is 1. The van der Waals surface area contributed by atoms with Crippen LogP contribution in [0.1, 0.15) is 11.4 Å². The zero-order valence-corrected chi connectivity index (χ0v) is 10.0. The minimum atomic E-state index is 0.182. The number of ether oxygens (including phenoxy) is 1. The van der Waals surface area contributed by atoms with Crippen LogP contribution in [0, 0.1) is 0 Å². The van der Waals surface area contributed by atoms with Gasteiger partial charge in [-0.15, -0.1) is 5.10 Å². The van der Waals surface area contributed by atoms with E-state index >= 15 is 0 Å². The Balaban J connectivity index is 2.22. The molecular weight excluding hydrogens is 238 g/mol. The van der Waals surface area contributed by atoms with Crippen molar-refractivity contribution in [2.75, 3.05) is 7.11 Å². The highest BCUT2D eigenvalue weighted by Crippen LogP contribution is 2.14. The Bertz CT molecular complexity index is 539. The monoisotopic (exact) mass is 249 g/mol. The zero-order chi connectivity index (χ0) is 12.3. The number of methoxy groups -OCH3 is 1. The van der Waals surface area contributed by atoms with Gasteiger partial charge in [0.05, 0.1) is 13.7 Å². The highest BCUT2D eigenvalue weighted by molar-refractivity contribution is 7.80. The number of pyridine rings is 1. The number of rotatable bonds is 4. The van der Waals surface area contributed by atoms with Gasteiger partial charge in [-0.1, -0.05) is 18.3 Å². The van der Waals surface area contributed by atoms with E-state index in [2.05, 4.69) is 15.1 Å². The summed E-state index contributed by atoms with van der Waals surface area (Å²) in [4.78, 5) is 8.28. The highest BCUT2D eigenvalue weighted by atomic mass is 32.1. The van der Waals surface area contributed by atoms with E-state index in [1.54, 1.807) is 24.3 Å². The first-order valence-electron chi connectivity index (χ1n) is 4.88. The lowest BCUT2D eigenvalue weighted by Crippen LogP contribution is -2.12. The van der Waals surface area contributed by atoms with Crippen LogP contribution in [0.2, 0.25) is 0 Å². The highest BCUT2D eigenvalue weighted by Gasteiger charge is 2.07. The third-order valence-electron chi connectivity index (χ3n) is 2.13. The second-order valence-corrected chi connectivity index (χ2v) is 3.74. The van der Waals surface area contributed by atoms with Crippen LogP contribution in [0.15, 0.2) is 24.7 Å². The van der Waals surface area contributed by atoms with Gasteiger partial charge < -0.3 is 10.5 Å². The molecule has 2 aromatic heterocycles. The van der Waals surface area contributed by atoms with E-state index in [0.29, 0.717) is 18.2 Å². The van der Waals surface area contributed by atoms with Gasteiger partial charge in [-0.05, 0) is 6.07 Å². The molecule has 0 saturated heterocycles. The van der Waals surface area contributed by atoms with Gasteiger partial charge in [0.1, 0.15) is 11.3 Å². The Kier molecular flexibility index (Phi) is 3.29. The third kappa shape index (κ3) is 2.56. The maximum Gasteiger partial charge on any atom is 0.218 e. The van der Waals surface area contributed by atoms with Crippen molar-refractivity contribution in [2.24, 2.45) is 5.73 Å². The SMILES string of the molecule is COc1ncccc1Cn1cnc(C(N)=S)n1. The van der Waals surface area contributed by atoms with Crippen LogP contribution in [-0.2, 0) is 6.54 Å². The maximum absolute atomic E-state index is 5.43. The molecular formula is C10H11N5OS. The summed E-state index contributed by atoms with van der Waals surface area (Å²) in [5.41, 5.74) is 6.34. The Morgan fingerprint density at radius 1 is 1.53 bits per heavy atom. The summed E-state index contributed by atoms with van der Waals surface area (Å²) in [7, 11) is 1.58. The second-order valence-electron chi connectivity index (χ2n) is 3.30. The molecule has 0 radical (unpaired) electrons. The van der Waals surface area contributed by atoms with Crippen LogP contribution in [0.3, 0.4) is 0 Å². The first kappa shape index (κ1) is 11.5. The van der Waals surface area contributed by atoms with E-state index in [9.17, 15) is 0 Å². The van der Waals surface area contributed by atoms with Gasteiger partial charge in [0.2, 0.25) is 11.7 Å². The molecule has 0 bridgehead atoms. The lowest BCUT2D eigenvalue weighted by molar-refractivity contribution is 0.390. The van der Waals surface area contributed by atoms with E-state index < -0.39 is 0 Å². The van der Waals surface area contributed by atoms with Crippen molar-refractivity contribution in [1.82, 2.24) is 19.7 Å². The summed E-state index contributed by atoms with van der Waals surface area (Å²) in [6.07, 6.45) is 3.24. The standard InChI is InChI=1S/C10H11N5OS/c1-16-10-7(3-2-4-12-10)5-15-6-13-9(14-15)8(11)17/h2-4,6H,5H2,1H3,(H2,11,17). The maximum atomic E-state index is 5.43. The number of thiocarbonyl (C=S) groups is 1. The summed E-state index contributed by atoms with van der Waals surface area (Å²) in [5.74, 6) is 0.933. The molecule has 17 heavy (non-hydrogen) atoms. The Labute approximate surface area is 103 Å². The number of nitrogens with zero attached hydrogens (tertiary/aromatic N) is 4. The van der Waals surface area contributed by atoms with E-state index in [1.807, 2.05) is 12.1 Å². The van der Waals surface area contributed by atoms with Gasteiger partial charge in [-0.3, -0.25) is 0 Å². The molecule has 0 aliphatic rings. The molecule has 88 valence electrons. The molecule has 0 atom stereocenters. The van der Waals surface area contributed by atoms with Gasteiger partial charge in [-0.25, -0.2) is 14.6 Å².